The number of amides is 1. The molecule has 154 valence electrons. The van der Waals surface area contributed by atoms with Crippen molar-refractivity contribution in [1.29, 1.82) is 0 Å². The largest absolute Gasteiger partial charge is 0.444 e. The van der Waals surface area contributed by atoms with Crippen LogP contribution in [0.2, 0.25) is 0 Å². The number of fused-ring (bicyclic) bond motifs is 1. The molecule has 2 aromatic rings. The van der Waals surface area contributed by atoms with Gasteiger partial charge in [0.05, 0.1) is 36.5 Å². The Morgan fingerprint density at radius 2 is 2.00 bits per heavy atom. The van der Waals surface area contributed by atoms with Gasteiger partial charge in [-0.25, -0.2) is 9.78 Å². The highest BCUT2D eigenvalue weighted by atomic mass is 16.6. The van der Waals surface area contributed by atoms with Crippen LogP contribution < -0.4 is 4.90 Å². The molecule has 0 aliphatic carbocycles. The van der Waals surface area contributed by atoms with Crippen LogP contribution in [0.1, 0.15) is 37.9 Å². The van der Waals surface area contributed by atoms with Gasteiger partial charge in [-0.05, 0) is 39.3 Å². The van der Waals surface area contributed by atoms with Gasteiger partial charge in [0, 0.05) is 25.2 Å². The van der Waals surface area contributed by atoms with Crippen LogP contribution in [0.15, 0.2) is 30.5 Å². The molecular formula is C22H28N4O3. The molecule has 0 spiro atoms. The normalized spacial score (nSPS) is 19.8. The fraction of sp³-hybridized carbons (Fsp3) is 0.500. The van der Waals surface area contributed by atoms with E-state index in [2.05, 4.69) is 16.0 Å². The van der Waals surface area contributed by atoms with Crippen LogP contribution in [0, 0.1) is 6.92 Å². The summed E-state index contributed by atoms with van der Waals surface area (Å²) < 4.78 is 11.1. The summed E-state index contributed by atoms with van der Waals surface area (Å²) >= 11 is 0. The highest BCUT2D eigenvalue weighted by molar-refractivity contribution is 5.82. The van der Waals surface area contributed by atoms with E-state index in [1.165, 1.54) is 0 Å². The first-order valence-corrected chi connectivity index (χ1v) is 10.1. The molecule has 1 aromatic carbocycles. The number of carbonyl (C=O) groups is 1. The third-order valence-corrected chi connectivity index (χ3v) is 5.05. The summed E-state index contributed by atoms with van der Waals surface area (Å²) in [6.07, 6.45) is 5.55. The van der Waals surface area contributed by atoms with E-state index in [0.29, 0.717) is 19.8 Å². The van der Waals surface area contributed by atoms with Crippen molar-refractivity contribution in [3.63, 3.8) is 0 Å². The van der Waals surface area contributed by atoms with E-state index >= 15 is 0 Å². The second-order valence-corrected chi connectivity index (χ2v) is 8.56. The minimum Gasteiger partial charge on any atom is -0.444 e. The molecular weight excluding hydrogens is 368 g/mol. The zero-order valence-corrected chi connectivity index (χ0v) is 17.5. The summed E-state index contributed by atoms with van der Waals surface area (Å²) in [7, 11) is 0. The van der Waals surface area contributed by atoms with E-state index in [1.54, 1.807) is 4.90 Å². The zero-order chi connectivity index (χ0) is 20.6. The minimum atomic E-state index is -0.539. The lowest BCUT2D eigenvalue weighted by Gasteiger charge is -2.30. The van der Waals surface area contributed by atoms with Gasteiger partial charge in [-0.3, -0.25) is 9.88 Å². The predicted molar refractivity (Wildman–Crippen MR) is 112 cm³/mol. The van der Waals surface area contributed by atoms with Crippen LogP contribution in [0.4, 0.5) is 10.6 Å². The molecule has 1 aromatic heterocycles. The van der Waals surface area contributed by atoms with Crippen molar-refractivity contribution in [3.05, 3.63) is 41.6 Å². The van der Waals surface area contributed by atoms with Crippen molar-refractivity contribution in [3.8, 4) is 0 Å². The van der Waals surface area contributed by atoms with Crippen molar-refractivity contribution in [1.82, 2.24) is 14.9 Å². The van der Waals surface area contributed by atoms with Gasteiger partial charge < -0.3 is 14.4 Å². The van der Waals surface area contributed by atoms with Gasteiger partial charge in [0.2, 0.25) is 0 Å². The van der Waals surface area contributed by atoms with Crippen LogP contribution in [0.5, 0.6) is 0 Å². The van der Waals surface area contributed by atoms with Crippen LogP contribution in [0.25, 0.3) is 11.0 Å². The number of aryl methyl sites for hydroxylation is 1. The minimum absolute atomic E-state index is 0.221. The zero-order valence-electron chi connectivity index (χ0n) is 17.5. The Hall–Kier alpha value is -2.67. The Kier molecular flexibility index (Phi) is 5.17. The molecule has 0 bridgehead atoms. The Balaban J connectivity index is 1.73. The number of morpholine rings is 1. The molecule has 29 heavy (non-hydrogen) atoms. The molecule has 2 aliphatic heterocycles. The number of carbonyl (C=O) groups excluding carboxylic acids is 1. The molecule has 1 unspecified atom stereocenters. The van der Waals surface area contributed by atoms with Crippen LogP contribution in [-0.4, -0.2) is 59.4 Å². The highest BCUT2D eigenvalue weighted by Gasteiger charge is 2.32. The topological polar surface area (TPSA) is 67.8 Å². The molecule has 7 heteroatoms. The smallest absolute Gasteiger partial charge is 0.411 e. The standard InChI is InChI=1S/C22H28N4O3/c1-15-12-16(18-6-5-7-26(18)21(27)29-22(2,3)4)20-17(13-15)23-14-19(24-20)25-8-10-28-11-9-25/h5-6,12-14,18H,7-11H2,1-4H3. The second kappa shape index (κ2) is 7.63. The Morgan fingerprint density at radius 1 is 1.24 bits per heavy atom. The van der Waals surface area contributed by atoms with Crippen LogP contribution in [-0.2, 0) is 9.47 Å². The van der Waals surface area contributed by atoms with Crippen molar-refractivity contribution < 1.29 is 14.3 Å². The van der Waals surface area contributed by atoms with E-state index in [4.69, 9.17) is 14.5 Å². The van der Waals surface area contributed by atoms with Crippen LogP contribution >= 0.6 is 0 Å². The van der Waals surface area contributed by atoms with Gasteiger partial charge in [0.15, 0.2) is 0 Å². The number of hydrogen-bond acceptors (Lipinski definition) is 6. The maximum Gasteiger partial charge on any atom is 0.411 e. The predicted octanol–water partition coefficient (Wildman–Crippen LogP) is 3.62. The van der Waals surface area contributed by atoms with Gasteiger partial charge in [0.25, 0.3) is 0 Å². The molecule has 1 atom stereocenters. The number of ether oxygens (including phenoxy) is 2. The second-order valence-electron chi connectivity index (χ2n) is 8.56. The van der Waals surface area contributed by atoms with Crippen molar-refractivity contribution >= 4 is 22.9 Å². The number of anilines is 1. The van der Waals surface area contributed by atoms with Gasteiger partial charge in [-0.2, -0.15) is 0 Å². The van der Waals surface area contributed by atoms with E-state index in [9.17, 15) is 4.79 Å². The molecule has 0 radical (unpaired) electrons. The molecule has 1 fully saturated rings. The maximum atomic E-state index is 12.8. The third-order valence-electron chi connectivity index (χ3n) is 5.05. The van der Waals surface area contributed by atoms with Gasteiger partial charge in [-0.1, -0.05) is 18.2 Å². The fourth-order valence-electron chi connectivity index (χ4n) is 3.75. The number of nitrogens with zero attached hydrogens (tertiary/aromatic N) is 4. The van der Waals surface area contributed by atoms with Crippen LogP contribution in [0.3, 0.4) is 0 Å². The molecule has 1 amide bonds. The van der Waals surface area contributed by atoms with E-state index in [1.807, 2.05) is 52.1 Å². The monoisotopic (exact) mass is 396 g/mol. The summed E-state index contributed by atoms with van der Waals surface area (Å²) in [5.41, 5.74) is 3.18. The van der Waals surface area contributed by atoms with Gasteiger partial charge in [0.1, 0.15) is 11.4 Å². The molecule has 1 saturated heterocycles. The first-order valence-electron chi connectivity index (χ1n) is 10.1. The maximum absolute atomic E-state index is 12.8. The summed E-state index contributed by atoms with van der Waals surface area (Å²) in [5, 5.41) is 0. The van der Waals surface area contributed by atoms with Crippen molar-refractivity contribution in [2.45, 2.75) is 39.3 Å². The molecule has 4 rings (SSSR count). The lowest BCUT2D eigenvalue weighted by Crippen LogP contribution is -2.37. The lowest BCUT2D eigenvalue weighted by atomic mass is 10.0. The van der Waals surface area contributed by atoms with Crippen molar-refractivity contribution in [2.24, 2.45) is 0 Å². The van der Waals surface area contributed by atoms with Gasteiger partial charge >= 0.3 is 6.09 Å². The average Bonchev–Trinajstić information content (AvgIpc) is 3.16. The molecule has 0 N–H and O–H groups in total. The number of benzene rings is 1. The van der Waals surface area contributed by atoms with Crippen molar-refractivity contribution in [2.75, 3.05) is 37.7 Å². The number of hydrogen-bond donors (Lipinski definition) is 0. The summed E-state index contributed by atoms with van der Waals surface area (Å²) in [6, 6.07) is 3.91. The highest BCUT2D eigenvalue weighted by Crippen LogP contribution is 2.33. The SMILES string of the molecule is Cc1cc(C2C=CCN2C(=O)OC(C)(C)C)c2nc(N3CCOCC3)cnc2c1. The number of rotatable bonds is 2. The van der Waals surface area contributed by atoms with E-state index in [0.717, 1.165) is 41.1 Å². The van der Waals surface area contributed by atoms with E-state index < -0.39 is 5.60 Å². The summed E-state index contributed by atoms with van der Waals surface area (Å²) in [4.78, 5) is 26.3. The fourth-order valence-corrected chi connectivity index (χ4v) is 3.75. The Bertz CT molecular complexity index is 945. The third kappa shape index (κ3) is 4.19. The average molecular weight is 396 g/mol. The molecule has 7 nitrogen and oxygen atoms in total. The Morgan fingerprint density at radius 3 is 2.72 bits per heavy atom. The molecule has 0 saturated carbocycles. The van der Waals surface area contributed by atoms with Gasteiger partial charge in [-0.15, -0.1) is 0 Å². The summed E-state index contributed by atoms with van der Waals surface area (Å²) in [5.74, 6) is 0.844. The first-order chi connectivity index (χ1) is 13.8. The Labute approximate surface area is 171 Å². The lowest BCUT2D eigenvalue weighted by molar-refractivity contribution is 0.0241. The molecule has 3 heterocycles. The quantitative estimate of drug-likeness (QED) is 0.722. The molecule has 2 aliphatic rings. The number of aromatic nitrogens is 2. The summed E-state index contributed by atoms with van der Waals surface area (Å²) in [6.45, 7) is 11.2. The first kappa shape index (κ1) is 19.6. The van der Waals surface area contributed by atoms with E-state index in [-0.39, 0.29) is 12.1 Å².